The number of carboxylic acids is 1. The van der Waals surface area contributed by atoms with Gasteiger partial charge in [0.25, 0.3) is 0 Å². The lowest BCUT2D eigenvalue weighted by molar-refractivity contribution is 0.0634. The van der Waals surface area contributed by atoms with Crippen molar-refractivity contribution in [2.45, 2.75) is 26.4 Å². The summed E-state index contributed by atoms with van der Waals surface area (Å²) < 4.78 is 5.17. The van der Waals surface area contributed by atoms with E-state index in [0.29, 0.717) is 16.8 Å². The van der Waals surface area contributed by atoms with Crippen LogP contribution >= 0.6 is 0 Å². The van der Waals surface area contributed by atoms with Crippen LogP contribution in [0.4, 0.5) is 10.5 Å². The fourth-order valence-electron chi connectivity index (χ4n) is 2.07. The van der Waals surface area contributed by atoms with Gasteiger partial charge in [0.05, 0.1) is 5.56 Å². The number of aromatic carboxylic acids is 1. The summed E-state index contributed by atoms with van der Waals surface area (Å²) >= 11 is 0. The number of hydrogen-bond donors (Lipinski definition) is 3. The predicted molar refractivity (Wildman–Crippen MR) is 89.3 cm³/mol. The standard InChI is InChI=1S/C17H18N2O5/c1-17(2,3)24-16(23)19-11-6-4-5-10(7-11)13-9-18-14(20)8-12(13)15(21)22/h4-9H,1-3H3,(H,18,20)(H,19,23)(H,21,22). The van der Waals surface area contributed by atoms with Gasteiger partial charge in [-0.2, -0.15) is 0 Å². The number of ether oxygens (including phenoxy) is 1. The van der Waals surface area contributed by atoms with E-state index < -0.39 is 23.2 Å². The zero-order valence-electron chi connectivity index (χ0n) is 13.5. The van der Waals surface area contributed by atoms with Crippen LogP contribution in [0.3, 0.4) is 0 Å². The molecule has 1 heterocycles. The molecule has 2 rings (SSSR count). The average Bonchev–Trinajstić information content (AvgIpc) is 2.45. The monoisotopic (exact) mass is 330 g/mol. The number of pyridine rings is 1. The van der Waals surface area contributed by atoms with Gasteiger partial charge in [-0.3, -0.25) is 10.1 Å². The van der Waals surface area contributed by atoms with E-state index in [4.69, 9.17) is 4.74 Å². The Bertz CT molecular complexity index is 833. The van der Waals surface area contributed by atoms with Crippen LogP contribution in [0.2, 0.25) is 0 Å². The second kappa shape index (κ2) is 6.57. The van der Waals surface area contributed by atoms with Gasteiger partial charge in [-0.15, -0.1) is 0 Å². The smallest absolute Gasteiger partial charge is 0.412 e. The number of H-pyrrole nitrogens is 1. The fourth-order valence-corrected chi connectivity index (χ4v) is 2.07. The van der Waals surface area contributed by atoms with Crippen LogP contribution in [0.1, 0.15) is 31.1 Å². The van der Waals surface area contributed by atoms with Crippen LogP contribution in [-0.4, -0.2) is 27.8 Å². The number of rotatable bonds is 3. The molecule has 0 aliphatic rings. The second-order valence-electron chi connectivity index (χ2n) is 6.14. The topological polar surface area (TPSA) is 108 Å². The highest BCUT2D eigenvalue weighted by Gasteiger charge is 2.17. The first kappa shape index (κ1) is 17.3. The zero-order valence-corrected chi connectivity index (χ0v) is 13.5. The molecule has 7 nitrogen and oxygen atoms in total. The van der Waals surface area contributed by atoms with Crippen LogP contribution in [0.15, 0.2) is 41.3 Å². The molecule has 0 bridgehead atoms. The molecule has 0 saturated heterocycles. The van der Waals surface area contributed by atoms with Crippen LogP contribution in [0.25, 0.3) is 11.1 Å². The molecule has 2 aromatic rings. The number of benzene rings is 1. The van der Waals surface area contributed by atoms with Crippen molar-refractivity contribution >= 4 is 17.7 Å². The highest BCUT2D eigenvalue weighted by atomic mass is 16.6. The number of aromatic nitrogens is 1. The Morgan fingerprint density at radius 2 is 1.92 bits per heavy atom. The van der Waals surface area contributed by atoms with Gasteiger partial charge in [0, 0.05) is 23.5 Å². The molecule has 0 aliphatic heterocycles. The van der Waals surface area contributed by atoms with E-state index in [-0.39, 0.29) is 5.56 Å². The normalized spacial score (nSPS) is 11.0. The average molecular weight is 330 g/mol. The summed E-state index contributed by atoms with van der Waals surface area (Å²) in [6.45, 7) is 5.26. The van der Waals surface area contributed by atoms with Gasteiger partial charge in [0.1, 0.15) is 5.60 Å². The molecule has 1 amide bonds. The number of amides is 1. The van der Waals surface area contributed by atoms with Crippen LogP contribution in [0, 0.1) is 0 Å². The molecule has 3 N–H and O–H groups in total. The van der Waals surface area contributed by atoms with E-state index in [1.165, 1.54) is 6.20 Å². The quantitative estimate of drug-likeness (QED) is 0.801. The summed E-state index contributed by atoms with van der Waals surface area (Å²) in [5, 5.41) is 11.8. The van der Waals surface area contributed by atoms with Crippen molar-refractivity contribution < 1.29 is 19.4 Å². The Kier molecular flexibility index (Phi) is 4.73. The summed E-state index contributed by atoms with van der Waals surface area (Å²) in [4.78, 5) is 36.9. The van der Waals surface area contributed by atoms with Gasteiger partial charge < -0.3 is 14.8 Å². The van der Waals surface area contributed by atoms with Gasteiger partial charge >= 0.3 is 12.1 Å². The van der Waals surface area contributed by atoms with Crippen molar-refractivity contribution in [3.63, 3.8) is 0 Å². The molecule has 7 heteroatoms. The third-order valence-electron chi connectivity index (χ3n) is 2.97. The summed E-state index contributed by atoms with van der Waals surface area (Å²) in [6.07, 6.45) is 0.720. The lowest BCUT2D eigenvalue weighted by Gasteiger charge is -2.19. The van der Waals surface area contributed by atoms with Crippen molar-refractivity contribution in [1.29, 1.82) is 0 Å². The third kappa shape index (κ3) is 4.45. The minimum Gasteiger partial charge on any atom is -0.478 e. The van der Waals surface area contributed by atoms with E-state index in [1.807, 2.05) is 0 Å². The first-order chi connectivity index (χ1) is 11.2. The molecule has 0 atom stereocenters. The van der Waals surface area contributed by atoms with Crippen molar-refractivity contribution in [1.82, 2.24) is 4.98 Å². The Morgan fingerprint density at radius 1 is 1.21 bits per heavy atom. The molecule has 1 aromatic heterocycles. The summed E-state index contributed by atoms with van der Waals surface area (Å²) in [5.41, 5.74) is 0.0840. The lowest BCUT2D eigenvalue weighted by atomic mass is 10.0. The molecule has 0 fully saturated rings. The van der Waals surface area contributed by atoms with Gasteiger partial charge in [-0.1, -0.05) is 12.1 Å². The fraction of sp³-hybridized carbons (Fsp3) is 0.235. The van der Waals surface area contributed by atoms with Crippen molar-refractivity contribution in [3.8, 4) is 11.1 Å². The zero-order chi connectivity index (χ0) is 17.9. The van der Waals surface area contributed by atoms with Crippen molar-refractivity contribution in [2.24, 2.45) is 0 Å². The number of carbonyl (C=O) groups is 2. The van der Waals surface area contributed by atoms with Gasteiger partial charge in [-0.25, -0.2) is 9.59 Å². The van der Waals surface area contributed by atoms with E-state index in [1.54, 1.807) is 45.0 Å². The minimum atomic E-state index is -1.21. The summed E-state index contributed by atoms with van der Waals surface area (Å²) in [6, 6.07) is 7.62. The van der Waals surface area contributed by atoms with Crippen LogP contribution in [0.5, 0.6) is 0 Å². The molecular weight excluding hydrogens is 312 g/mol. The molecule has 0 unspecified atom stereocenters. The lowest BCUT2D eigenvalue weighted by Crippen LogP contribution is -2.27. The van der Waals surface area contributed by atoms with E-state index in [9.17, 15) is 19.5 Å². The number of nitrogens with one attached hydrogen (secondary N) is 2. The first-order valence-electron chi connectivity index (χ1n) is 7.22. The largest absolute Gasteiger partial charge is 0.478 e. The van der Waals surface area contributed by atoms with E-state index in [0.717, 1.165) is 6.07 Å². The van der Waals surface area contributed by atoms with E-state index in [2.05, 4.69) is 10.3 Å². The molecule has 1 aromatic carbocycles. The Balaban J connectivity index is 2.33. The molecule has 0 saturated carbocycles. The molecular formula is C17H18N2O5. The highest BCUT2D eigenvalue weighted by Crippen LogP contribution is 2.25. The molecule has 24 heavy (non-hydrogen) atoms. The maximum atomic E-state index is 11.8. The van der Waals surface area contributed by atoms with Gasteiger partial charge in [0.15, 0.2) is 0 Å². The Labute approximate surface area is 138 Å². The molecule has 0 radical (unpaired) electrons. The Hall–Kier alpha value is -3.09. The van der Waals surface area contributed by atoms with Crippen molar-refractivity contribution in [2.75, 3.05) is 5.32 Å². The highest BCUT2D eigenvalue weighted by molar-refractivity contribution is 5.96. The first-order valence-corrected chi connectivity index (χ1v) is 7.22. The second-order valence-corrected chi connectivity index (χ2v) is 6.14. The summed E-state index contributed by atoms with van der Waals surface area (Å²) in [5.74, 6) is -1.21. The number of anilines is 1. The van der Waals surface area contributed by atoms with Crippen LogP contribution in [-0.2, 0) is 4.74 Å². The number of hydrogen-bond acceptors (Lipinski definition) is 4. The number of aromatic amines is 1. The van der Waals surface area contributed by atoms with Gasteiger partial charge in [0.2, 0.25) is 5.56 Å². The van der Waals surface area contributed by atoms with Crippen LogP contribution < -0.4 is 10.9 Å². The van der Waals surface area contributed by atoms with Crippen molar-refractivity contribution in [3.05, 3.63) is 52.4 Å². The third-order valence-corrected chi connectivity index (χ3v) is 2.97. The number of carboxylic acid groups (broad SMARTS) is 1. The van der Waals surface area contributed by atoms with E-state index >= 15 is 0 Å². The maximum Gasteiger partial charge on any atom is 0.412 e. The molecule has 0 aliphatic carbocycles. The SMILES string of the molecule is CC(C)(C)OC(=O)Nc1cccc(-c2c[nH]c(=O)cc2C(=O)O)c1. The minimum absolute atomic E-state index is 0.117. The Morgan fingerprint density at radius 3 is 2.54 bits per heavy atom. The molecule has 0 spiro atoms. The van der Waals surface area contributed by atoms with Gasteiger partial charge in [-0.05, 0) is 38.5 Å². The molecule has 126 valence electrons. The maximum absolute atomic E-state index is 11.8. The predicted octanol–water partition coefficient (Wildman–Crippen LogP) is 3.09. The number of carbonyl (C=O) groups excluding carboxylic acids is 1. The summed E-state index contributed by atoms with van der Waals surface area (Å²) in [7, 11) is 0.